The molecule has 0 aliphatic carbocycles. The van der Waals surface area contributed by atoms with Gasteiger partial charge in [-0.05, 0) is 24.6 Å². The minimum atomic E-state index is -0.715. The van der Waals surface area contributed by atoms with Gasteiger partial charge in [-0.25, -0.2) is 4.39 Å². The maximum atomic E-state index is 13.9. The molecule has 0 saturated heterocycles. The number of amides is 1. The number of nitrogens with zero attached hydrogens (tertiary/aromatic N) is 1. The molecule has 1 aromatic carbocycles. The molecule has 0 saturated carbocycles. The summed E-state index contributed by atoms with van der Waals surface area (Å²) in [5.41, 5.74) is 6.17. The molecule has 1 amide bonds. The molecule has 114 valence electrons. The van der Waals surface area contributed by atoms with E-state index < -0.39 is 11.7 Å². The highest BCUT2D eigenvalue weighted by atomic mass is 19.1. The Hall–Kier alpha value is -2.89. The van der Waals surface area contributed by atoms with Crippen molar-refractivity contribution in [3.05, 3.63) is 70.4 Å². The van der Waals surface area contributed by atoms with Crippen LogP contribution in [0.3, 0.4) is 0 Å². The quantitative estimate of drug-likeness (QED) is 0.832. The van der Waals surface area contributed by atoms with Gasteiger partial charge in [0.1, 0.15) is 5.82 Å². The Morgan fingerprint density at radius 3 is 2.73 bits per heavy atom. The number of halogens is 1. The van der Waals surface area contributed by atoms with Gasteiger partial charge in [-0.15, -0.1) is 6.58 Å². The van der Waals surface area contributed by atoms with Gasteiger partial charge in [-0.3, -0.25) is 9.59 Å². The van der Waals surface area contributed by atoms with E-state index in [0.717, 1.165) is 5.56 Å². The van der Waals surface area contributed by atoms with Crippen molar-refractivity contribution in [1.29, 1.82) is 0 Å². The average molecular weight is 301 g/mol. The van der Waals surface area contributed by atoms with Gasteiger partial charge in [0.25, 0.3) is 11.5 Å². The van der Waals surface area contributed by atoms with E-state index in [1.165, 1.54) is 35.0 Å². The van der Waals surface area contributed by atoms with Crippen LogP contribution in [0.4, 0.5) is 15.8 Å². The number of aromatic nitrogens is 1. The minimum Gasteiger partial charge on any atom is -0.365 e. The number of hydrogen-bond acceptors (Lipinski definition) is 3. The van der Waals surface area contributed by atoms with Crippen molar-refractivity contribution >= 4 is 17.3 Å². The first-order valence-corrected chi connectivity index (χ1v) is 6.60. The molecule has 2 aromatic rings. The number of rotatable bonds is 5. The van der Waals surface area contributed by atoms with Crippen LogP contribution in [0.2, 0.25) is 0 Å². The molecule has 0 radical (unpaired) electrons. The molecule has 0 aliphatic rings. The number of aryl methyl sites for hydroxylation is 1. The summed E-state index contributed by atoms with van der Waals surface area (Å²) in [7, 11) is 0. The van der Waals surface area contributed by atoms with E-state index in [9.17, 15) is 14.0 Å². The molecule has 1 heterocycles. The van der Waals surface area contributed by atoms with E-state index in [1.807, 2.05) is 0 Å². The monoisotopic (exact) mass is 301 g/mol. The van der Waals surface area contributed by atoms with Gasteiger partial charge in [-0.1, -0.05) is 12.1 Å². The summed E-state index contributed by atoms with van der Waals surface area (Å²) in [6, 6.07) is 5.81. The maximum absolute atomic E-state index is 13.9. The fourth-order valence-electron chi connectivity index (χ4n) is 2.02. The average Bonchev–Trinajstić information content (AvgIpc) is 2.44. The molecule has 0 spiro atoms. The first kappa shape index (κ1) is 15.5. The molecule has 6 heteroatoms. The highest BCUT2D eigenvalue weighted by molar-refractivity contribution is 5.98. The van der Waals surface area contributed by atoms with E-state index >= 15 is 0 Å². The van der Waals surface area contributed by atoms with Crippen molar-refractivity contribution in [2.75, 3.05) is 5.32 Å². The van der Waals surface area contributed by atoms with E-state index in [0.29, 0.717) is 0 Å². The van der Waals surface area contributed by atoms with Crippen LogP contribution < -0.4 is 16.6 Å². The van der Waals surface area contributed by atoms with Crippen LogP contribution in [-0.4, -0.2) is 10.5 Å². The number of anilines is 2. The molecular formula is C16H16FN3O2. The number of hydrogen-bond donors (Lipinski definition) is 2. The third kappa shape index (κ3) is 3.22. The summed E-state index contributed by atoms with van der Waals surface area (Å²) in [5, 5.41) is 2.74. The fourth-order valence-corrected chi connectivity index (χ4v) is 2.02. The fraction of sp³-hybridized carbons (Fsp3) is 0.125. The zero-order valence-corrected chi connectivity index (χ0v) is 12.1. The van der Waals surface area contributed by atoms with Crippen molar-refractivity contribution in [3.8, 4) is 0 Å². The number of carbonyl (C=O) groups excluding carboxylic acids is 1. The smallest absolute Gasteiger partial charge is 0.252 e. The lowest BCUT2D eigenvalue weighted by Gasteiger charge is -2.13. The van der Waals surface area contributed by atoms with Crippen molar-refractivity contribution in [2.24, 2.45) is 5.73 Å². The summed E-state index contributed by atoms with van der Waals surface area (Å²) in [5.74, 6) is -1.20. The molecule has 0 unspecified atom stereocenters. The van der Waals surface area contributed by atoms with Crippen LogP contribution in [0.15, 0.2) is 47.9 Å². The Bertz CT molecular complexity index is 796. The van der Waals surface area contributed by atoms with Gasteiger partial charge >= 0.3 is 0 Å². The second-order valence-electron chi connectivity index (χ2n) is 4.85. The van der Waals surface area contributed by atoms with Gasteiger partial charge in [0.15, 0.2) is 0 Å². The Labute approximate surface area is 126 Å². The molecule has 22 heavy (non-hydrogen) atoms. The van der Waals surface area contributed by atoms with Gasteiger partial charge in [0, 0.05) is 18.8 Å². The number of allylic oxidation sites excluding steroid dienone is 1. The zero-order valence-electron chi connectivity index (χ0n) is 12.1. The van der Waals surface area contributed by atoms with Crippen LogP contribution in [0.25, 0.3) is 0 Å². The lowest BCUT2D eigenvalue weighted by molar-refractivity contribution is 0.100. The van der Waals surface area contributed by atoms with Crippen molar-refractivity contribution in [3.63, 3.8) is 0 Å². The molecule has 0 atom stereocenters. The lowest BCUT2D eigenvalue weighted by Crippen LogP contribution is -2.23. The highest BCUT2D eigenvalue weighted by Crippen LogP contribution is 2.22. The SMILES string of the molecule is C=CCn1cc(C(N)=O)c(Nc2ccc(C)cc2F)cc1=O. The predicted molar refractivity (Wildman–Crippen MR) is 83.8 cm³/mol. The first-order valence-electron chi connectivity index (χ1n) is 6.60. The second-order valence-corrected chi connectivity index (χ2v) is 4.85. The topological polar surface area (TPSA) is 77.1 Å². The van der Waals surface area contributed by atoms with Crippen LogP contribution >= 0.6 is 0 Å². The van der Waals surface area contributed by atoms with Gasteiger partial charge in [-0.2, -0.15) is 0 Å². The molecule has 0 bridgehead atoms. The van der Waals surface area contributed by atoms with Gasteiger partial charge in [0.2, 0.25) is 0 Å². The van der Waals surface area contributed by atoms with E-state index in [4.69, 9.17) is 5.73 Å². The summed E-state index contributed by atoms with van der Waals surface area (Å²) in [4.78, 5) is 23.5. The molecular weight excluding hydrogens is 285 g/mol. The Morgan fingerprint density at radius 2 is 2.14 bits per heavy atom. The number of nitrogens with two attached hydrogens (primary N) is 1. The van der Waals surface area contributed by atoms with Crippen LogP contribution in [0, 0.1) is 12.7 Å². The number of pyridine rings is 1. The third-order valence-electron chi connectivity index (χ3n) is 3.11. The number of primary amides is 1. The summed E-state index contributed by atoms with van der Waals surface area (Å²) in [6.45, 7) is 5.55. The number of benzene rings is 1. The summed E-state index contributed by atoms with van der Waals surface area (Å²) < 4.78 is 15.2. The standard InChI is InChI=1S/C16H16FN3O2/c1-3-6-20-9-11(16(18)22)14(8-15(20)21)19-13-5-4-10(2)7-12(13)17/h3-5,7-9,19H,1,6H2,2H3,(H2,18,22). The Morgan fingerprint density at radius 1 is 1.41 bits per heavy atom. The van der Waals surface area contributed by atoms with E-state index in [1.54, 1.807) is 13.0 Å². The number of nitrogens with one attached hydrogen (secondary N) is 1. The molecule has 2 rings (SSSR count). The van der Waals surface area contributed by atoms with Crippen LogP contribution in [0.5, 0.6) is 0 Å². The van der Waals surface area contributed by atoms with Crippen molar-refractivity contribution in [2.45, 2.75) is 13.5 Å². The lowest BCUT2D eigenvalue weighted by atomic mass is 10.1. The predicted octanol–water partition coefficient (Wildman–Crippen LogP) is 2.32. The van der Waals surface area contributed by atoms with Gasteiger partial charge in [0.05, 0.1) is 16.9 Å². The molecule has 3 N–H and O–H groups in total. The first-order chi connectivity index (χ1) is 10.4. The van der Waals surface area contributed by atoms with E-state index in [2.05, 4.69) is 11.9 Å². The second kappa shape index (κ2) is 6.26. The molecule has 0 aliphatic heterocycles. The van der Waals surface area contributed by atoms with Crippen molar-refractivity contribution in [1.82, 2.24) is 4.57 Å². The van der Waals surface area contributed by atoms with Crippen LogP contribution in [0.1, 0.15) is 15.9 Å². The molecule has 0 fully saturated rings. The maximum Gasteiger partial charge on any atom is 0.252 e. The third-order valence-corrected chi connectivity index (χ3v) is 3.11. The minimum absolute atomic E-state index is 0.0985. The summed E-state index contributed by atoms with van der Waals surface area (Å²) in [6.07, 6.45) is 2.86. The normalized spacial score (nSPS) is 10.3. The van der Waals surface area contributed by atoms with Gasteiger partial charge < -0.3 is 15.6 Å². The van der Waals surface area contributed by atoms with Crippen LogP contribution in [-0.2, 0) is 6.54 Å². The largest absolute Gasteiger partial charge is 0.365 e. The van der Waals surface area contributed by atoms with Crippen molar-refractivity contribution < 1.29 is 9.18 Å². The molecule has 5 nitrogen and oxygen atoms in total. The number of carbonyl (C=O) groups is 1. The summed E-state index contributed by atoms with van der Waals surface area (Å²) >= 11 is 0. The zero-order chi connectivity index (χ0) is 16.3. The Balaban J connectivity index is 2.50. The van der Waals surface area contributed by atoms with E-state index in [-0.39, 0.29) is 29.0 Å². The molecule has 1 aromatic heterocycles. The Kier molecular flexibility index (Phi) is 4.41. The highest BCUT2D eigenvalue weighted by Gasteiger charge is 2.13.